The third-order valence-electron chi connectivity index (χ3n) is 3.56. The standard InChI is InChI=1S/C13H26N2O2/c1-5-15(6-2)13(16)11(4)17-12-9-14-8-7-10(12)3/h10-12,14H,5-9H2,1-4H3. The van der Waals surface area contributed by atoms with Gasteiger partial charge in [-0.05, 0) is 39.7 Å². The summed E-state index contributed by atoms with van der Waals surface area (Å²) in [4.78, 5) is 13.9. The lowest BCUT2D eigenvalue weighted by atomic mass is 9.97. The Kier molecular flexibility index (Phi) is 5.92. The molecule has 1 amide bonds. The Morgan fingerprint density at radius 1 is 1.47 bits per heavy atom. The molecule has 4 nitrogen and oxygen atoms in total. The number of amides is 1. The summed E-state index contributed by atoms with van der Waals surface area (Å²) in [6.07, 6.45) is 0.956. The van der Waals surface area contributed by atoms with Gasteiger partial charge in [-0.3, -0.25) is 4.79 Å². The molecule has 1 heterocycles. The van der Waals surface area contributed by atoms with Crippen LogP contribution in [0.4, 0.5) is 0 Å². The minimum Gasteiger partial charge on any atom is -0.364 e. The van der Waals surface area contributed by atoms with Crippen molar-refractivity contribution in [2.24, 2.45) is 5.92 Å². The highest BCUT2D eigenvalue weighted by Crippen LogP contribution is 2.17. The number of rotatable bonds is 5. The van der Waals surface area contributed by atoms with Crippen LogP contribution in [0, 0.1) is 5.92 Å². The number of nitrogens with zero attached hydrogens (tertiary/aromatic N) is 1. The fraction of sp³-hybridized carbons (Fsp3) is 0.923. The van der Waals surface area contributed by atoms with Crippen LogP contribution in [-0.4, -0.2) is 49.2 Å². The number of carbonyl (C=O) groups excluding carboxylic acids is 1. The molecular formula is C13H26N2O2. The molecule has 0 bridgehead atoms. The SMILES string of the molecule is CCN(CC)C(=O)C(C)OC1CNCCC1C. The molecule has 0 saturated carbocycles. The molecule has 0 aromatic carbocycles. The maximum atomic E-state index is 12.1. The molecule has 0 spiro atoms. The maximum absolute atomic E-state index is 12.1. The molecule has 0 aliphatic carbocycles. The smallest absolute Gasteiger partial charge is 0.251 e. The van der Waals surface area contributed by atoms with E-state index in [1.54, 1.807) is 0 Å². The fourth-order valence-electron chi connectivity index (χ4n) is 2.26. The molecule has 1 aliphatic heterocycles. The van der Waals surface area contributed by atoms with Crippen molar-refractivity contribution in [3.8, 4) is 0 Å². The molecule has 3 atom stereocenters. The van der Waals surface area contributed by atoms with Crippen LogP contribution < -0.4 is 5.32 Å². The molecule has 3 unspecified atom stereocenters. The zero-order valence-corrected chi connectivity index (χ0v) is 11.5. The van der Waals surface area contributed by atoms with Crippen molar-refractivity contribution in [2.45, 2.75) is 46.3 Å². The molecule has 17 heavy (non-hydrogen) atoms. The van der Waals surface area contributed by atoms with Crippen molar-refractivity contribution in [1.82, 2.24) is 10.2 Å². The summed E-state index contributed by atoms with van der Waals surface area (Å²) in [6.45, 7) is 11.5. The lowest BCUT2D eigenvalue weighted by Gasteiger charge is -2.32. The zero-order valence-electron chi connectivity index (χ0n) is 11.5. The highest BCUT2D eigenvalue weighted by atomic mass is 16.5. The first-order valence-corrected chi connectivity index (χ1v) is 6.75. The second kappa shape index (κ2) is 6.97. The average molecular weight is 242 g/mol. The van der Waals surface area contributed by atoms with Gasteiger partial charge < -0.3 is 15.0 Å². The quantitative estimate of drug-likeness (QED) is 0.789. The summed E-state index contributed by atoms with van der Waals surface area (Å²) >= 11 is 0. The van der Waals surface area contributed by atoms with Gasteiger partial charge in [0.2, 0.25) is 0 Å². The highest BCUT2D eigenvalue weighted by Gasteiger charge is 2.27. The molecule has 1 fully saturated rings. The second-order valence-corrected chi connectivity index (χ2v) is 4.80. The van der Waals surface area contributed by atoms with E-state index in [0.717, 1.165) is 32.6 Å². The van der Waals surface area contributed by atoms with E-state index in [0.29, 0.717) is 5.92 Å². The van der Waals surface area contributed by atoms with Gasteiger partial charge in [0.25, 0.3) is 5.91 Å². The topological polar surface area (TPSA) is 41.6 Å². The predicted octanol–water partition coefficient (Wildman–Crippen LogP) is 1.26. The van der Waals surface area contributed by atoms with Crippen LogP contribution in [0.25, 0.3) is 0 Å². The molecule has 1 aliphatic rings. The van der Waals surface area contributed by atoms with Crippen molar-refractivity contribution < 1.29 is 9.53 Å². The van der Waals surface area contributed by atoms with Crippen molar-refractivity contribution in [3.63, 3.8) is 0 Å². The summed E-state index contributed by atoms with van der Waals surface area (Å²) in [5.41, 5.74) is 0. The summed E-state index contributed by atoms with van der Waals surface area (Å²) < 4.78 is 5.90. The summed E-state index contributed by atoms with van der Waals surface area (Å²) in [6, 6.07) is 0. The van der Waals surface area contributed by atoms with E-state index in [4.69, 9.17) is 4.74 Å². The van der Waals surface area contributed by atoms with E-state index in [9.17, 15) is 4.79 Å². The predicted molar refractivity (Wildman–Crippen MR) is 68.9 cm³/mol. The first-order valence-electron chi connectivity index (χ1n) is 6.75. The number of ether oxygens (including phenoxy) is 1. The number of piperidine rings is 1. The Balaban J connectivity index is 2.46. The molecule has 1 rings (SSSR count). The number of hydrogen-bond acceptors (Lipinski definition) is 3. The Bertz CT molecular complexity index is 242. The Hall–Kier alpha value is -0.610. The summed E-state index contributed by atoms with van der Waals surface area (Å²) in [5.74, 6) is 0.635. The first kappa shape index (κ1) is 14.5. The molecular weight excluding hydrogens is 216 g/mol. The van der Waals surface area contributed by atoms with E-state index in [1.807, 2.05) is 25.7 Å². The van der Waals surface area contributed by atoms with Crippen molar-refractivity contribution in [2.75, 3.05) is 26.2 Å². The first-order chi connectivity index (χ1) is 8.10. The highest BCUT2D eigenvalue weighted by molar-refractivity contribution is 5.80. The second-order valence-electron chi connectivity index (χ2n) is 4.80. The Morgan fingerprint density at radius 3 is 2.65 bits per heavy atom. The third-order valence-corrected chi connectivity index (χ3v) is 3.56. The normalized spacial score (nSPS) is 26.6. The molecule has 0 aromatic heterocycles. The molecule has 1 N–H and O–H groups in total. The summed E-state index contributed by atoms with van der Waals surface area (Å²) in [7, 11) is 0. The lowest BCUT2D eigenvalue weighted by molar-refractivity contribution is -0.148. The largest absolute Gasteiger partial charge is 0.364 e. The minimum atomic E-state index is -0.331. The lowest BCUT2D eigenvalue weighted by Crippen LogP contribution is -2.46. The molecule has 100 valence electrons. The van der Waals surface area contributed by atoms with Crippen LogP contribution in [0.1, 0.15) is 34.1 Å². The van der Waals surface area contributed by atoms with Crippen molar-refractivity contribution in [1.29, 1.82) is 0 Å². The Labute approximate surface area is 105 Å². The monoisotopic (exact) mass is 242 g/mol. The third kappa shape index (κ3) is 3.96. The van der Waals surface area contributed by atoms with Crippen LogP contribution in [-0.2, 0) is 9.53 Å². The van der Waals surface area contributed by atoms with E-state index < -0.39 is 0 Å². The molecule has 0 radical (unpaired) electrons. The van der Waals surface area contributed by atoms with Gasteiger partial charge in [-0.15, -0.1) is 0 Å². The van der Waals surface area contributed by atoms with E-state index >= 15 is 0 Å². The van der Waals surface area contributed by atoms with Gasteiger partial charge in [-0.25, -0.2) is 0 Å². The number of likely N-dealkylation sites (N-methyl/N-ethyl adjacent to an activating group) is 1. The van der Waals surface area contributed by atoms with Crippen LogP contribution in [0.15, 0.2) is 0 Å². The van der Waals surface area contributed by atoms with Crippen LogP contribution >= 0.6 is 0 Å². The number of hydrogen-bond donors (Lipinski definition) is 1. The van der Waals surface area contributed by atoms with Gasteiger partial charge in [0, 0.05) is 19.6 Å². The van der Waals surface area contributed by atoms with Gasteiger partial charge in [-0.1, -0.05) is 6.92 Å². The van der Waals surface area contributed by atoms with Crippen molar-refractivity contribution >= 4 is 5.91 Å². The fourth-order valence-corrected chi connectivity index (χ4v) is 2.26. The van der Waals surface area contributed by atoms with E-state index in [1.165, 1.54) is 0 Å². The molecule has 0 aromatic rings. The van der Waals surface area contributed by atoms with Crippen LogP contribution in [0.3, 0.4) is 0 Å². The maximum Gasteiger partial charge on any atom is 0.251 e. The van der Waals surface area contributed by atoms with E-state index in [2.05, 4.69) is 12.2 Å². The van der Waals surface area contributed by atoms with Gasteiger partial charge in [-0.2, -0.15) is 0 Å². The van der Waals surface area contributed by atoms with Gasteiger partial charge in [0.05, 0.1) is 6.10 Å². The van der Waals surface area contributed by atoms with Gasteiger partial charge in [0.15, 0.2) is 0 Å². The molecule has 4 heteroatoms. The average Bonchev–Trinajstić information content (AvgIpc) is 2.33. The Morgan fingerprint density at radius 2 is 2.12 bits per heavy atom. The van der Waals surface area contributed by atoms with Crippen LogP contribution in [0.5, 0.6) is 0 Å². The summed E-state index contributed by atoms with van der Waals surface area (Å²) in [5, 5.41) is 3.32. The van der Waals surface area contributed by atoms with Gasteiger partial charge in [0.1, 0.15) is 6.10 Å². The van der Waals surface area contributed by atoms with Gasteiger partial charge >= 0.3 is 0 Å². The van der Waals surface area contributed by atoms with Crippen molar-refractivity contribution in [3.05, 3.63) is 0 Å². The van der Waals surface area contributed by atoms with Crippen LogP contribution in [0.2, 0.25) is 0 Å². The zero-order chi connectivity index (χ0) is 12.8. The van der Waals surface area contributed by atoms with E-state index in [-0.39, 0.29) is 18.1 Å². The number of nitrogens with one attached hydrogen (secondary N) is 1. The number of carbonyl (C=O) groups is 1. The molecule has 1 saturated heterocycles. The minimum absolute atomic E-state index is 0.104.